The molecule has 3 nitrogen and oxygen atoms in total. The first-order valence-corrected chi connectivity index (χ1v) is 7.15. The second-order valence-corrected chi connectivity index (χ2v) is 5.45. The molecule has 1 unspecified atom stereocenters. The minimum Gasteiger partial charge on any atom is -0.346 e. The summed E-state index contributed by atoms with van der Waals surface area (Å²) in [5.74, 6) is -0.679. The largest absolute Gasteiger partial charge is 0.346 e. The van der Waals surface area contributed by atoms with Crippen LogP contribution in [0, 0.1) is 11.7 Å². The molecule has 4 heteroatoms. The summed E-state index contributed by atoms with van der Waals surface area (Å²) >= 11 is 0. The zero-order valence-electron chi connectivity index (χ0n) is 11.7. The van der Waals surface area contributed by atoms with Gasteiger partial charge in [-0.2, -0.15) is 0 Å². The van der Waals surface area contributed by atoms with Crippen molar-refractivity contribution >= 4 is 11.7 Å². The van der Waals surface area contributed by atoms with E-state index in [1.165, 1.54) is 31.5 Å². The molecule has 1 N–H and O–H groups in total. The first-order chi connectivity index (χ1) is 9.58. The lowest BCUT2D eigenvalue weighted by Crippen LogP contribution is -2.45. The molecule has 0 spiro atoms. The fourth-order valence-electron chi connectivity index (χ4n) is 2.91. The Balaban J connectivity index is 2.20. The van der Waals surface area contributed by atoms with Gasteiger partial charge in [0.05, 0.1) is 6.04 Å². The highest BCUT2D eigenvalue weighted by Crippen LogP contribution is 2.28. The van der Waals surface area contributed by atoms with Crippen LogP contribution < -0.4 is 5.32 Å². The SMILES string of the molecule is CC(=O)NC(C(=O)c1cccc(F)c1)C1CCCCC1. The lowest BCUT2D eigenvalue weighted by Gasteiger charge is -2.29. The van der Waals surface area contributed by atoms with E-state index >= 15 is 0 Å². The minimum atomic E-state index is -0.533. The Bertz CT molecular complexity index is 495. The summed E-state index contributed by atoms with van der Waals surface area (Å²) in [7, 11) is 0. The van der Waals surface area contributed by atoms with Gasteiger partial charge in [-0.25, -0.2) is 4.39 Å². The van der Waals surface area contributed by atoms with E-state index in [0.717, 1.165) is 25.7 Å². The second kappa shape index (κ2) is 6.64. The van der Waals surface area contributed by atoms with Gasteiger partial charge >= 0.3 is 0 Å². The molecule has 0 heterocycles. The molecule has 1 aromatic rings. The van der Waals surface area contributed by atoms with Gasteiger partial charge in [-0.1, -0.05) is 31.4 Å². The number of nitrogens with one attached hydrogen (secondary N) is 1. The van der Waals surface area contributed by atoms with Gasteiger partial charge in [0.1, 0.15) is 5.82 Å². The van der Waals surface area contributed by atoms with Crippen molar-refractivity contribution < 1.29 is 14.0 Å². The Morgan fingerprint density at radius 3 is 2.55 bits per heavy atom. The van der Waals surface area contributed by atoms with Crippen LogP contribution in [-0.2, 0) is 4.79 Å². The summed E-state index contributed by atoms with van der Waals surface area (Å²) in [6.45, 7) is 1.41. The molecule has 108 valence electrons. The van der Waals surface area contributed by atoms with Crippen molar-refractivity contribution in [3.63, 3.8) is 0 Å². The van der Waals surface area contributed by atoms with Crippen molar-refractivity contribution in [1.29, 1.82) is 0 Å². The summed E-state index contributed by atoms with van der Waals surface area (Å²) in [6, 6.07) is 5.14. The molecule has 1 aliphatic rings. The third kappa shape index (κ3) is 3.65. The summed E-state index contributed by atoms with van der Waals surface area (Å²) in [5.41, 5.74) is 0.328. The Morgan fingerprint density at radius 2 is 1.95 bits per heavy atom. The highest BCUT2D eigenvalue weighted by Gasteiger charge is 2.30. The average Bonchev–Trinajstić information content (AvgIpc) is 2.45. The van der Waals surface area contributed by atoms with Gasteiger partial charge in [0.2, 0.25) is 5.91 Å². The van der Waals surface area contributed by atoms with Crippen LogP contribution >= 0.6 is 0 Å². The van der Waals surface area contributed by atoms with Crippen molar-refractivity contribution in [1.82, 2.24) is 5.32 Å². The Kier molecular flexibility index (Phi) is 4.88. The predicted molar refractivity (Wildman–Crippen MR) is 74.9 cm³/mol. The maximum absolute atomic E-state index is 13.3. The van der Waals surface area contributed by atoms with Crippen LogP contribution in [0.3, 0.4) is 0 Å². The second-order valence-electron chi connectivity index (χ2n) is 5.45. The fourth-order valence-corrected chi connectivity index (χ4v) is 2.91. The number of rotatable bonds is 4. The first-order valence-electron chi connectivity index (χ1n) is 7.15. The number of hydrogen-bond donors (Lipinski definition) is 1. The first kappa shape index (κ1) is 14.7. The van der Waals surface area contributed by atoms with Crippen LogP contribution in [0.4, 0.5) is 4.39 Å². The topological polar surface area (TPSA) is 46.2 Å². The van der Waals surface area contributed by atoms with Crippen LogP contribution in [0.15, 0.2) is 24.3 Å². The summed E-state index contributed by atoms with van der Waals surface area (Å²) < 4.78 is 13.3. The fraction of sp³-hybridized carbons (Fsp3) is 0.500. The van der Waals surface area contributed by atoms with E-state index in [4.69, 9.17) is 0 Å². The van der Waals surface area contributed by atoms with Crippen molar-refractivity contribution in [3.05, 3.63) is 35.6 Å². The van der Waals surface area contributed by atoms with Crippen molar-refractivity contribution in [2.24, 2.45) is 5.92 Å². The smallest absolute Gasteiger partial charge is 0.217 e. The number of ketones is 1. The molecule has 1 aromatic carbocycles. The number of benzene rings is 1. The molecule has 1 amide bonds. The Hall–Kier alpha value is -1.71. The van der Waals surface area contributed by atoms with Gasteiger partial charge in [-0.3, -0.25) is 9.59 Å². The number of Topliss-reactive ketones (excluding diaryl/α,β-unsaturated/α-hetero) is 1. The molecule has 0 saturated heterocycles. The number of hydrogen-bond acceptors (Lipinski definition) is 2. The molecule has 0 aromatic heterocycles. The maximum atomic E-state index is 13.3. The molecule has 1 atom stereocenters. The molecule has 1 fully saturated rings. The number of carbonyl (C=O) groups is 2. The summed E-state index contributed by atoms with van der Waals surface area (Å²) in [5, 5.41) is 2.76. The predicted octanol–water partition coefficient (Wildman–Crippen LogP) is 3.09. The third-order valence-electron chi connectivity index (χ3n) is 3.87. The quantitative estimate of drug-likeness (QED) is 0.860. The van der Waals surface area contributed by atoms with Crippen molar-refractivity contribution in [2.75, 3.05) is 0 Å². The van der Waals surface area contributed by atoms with Gasteiger partial charge in [0.15, 0.2) is 5.78 Å². The third-order valence-corrected chi connectivity index (χ3v) is 3.87. The van der Waals surface area contributed by atoms with E-state index in [1.807, 2.05) is 0 Å². The van der Waals surface area contributed by atoms with Gasteiger partial charge in [-0.05, 0) is 30.9 Å². The molecular weight excluding hydrogens is 257 g/mol. The van der Waals surface area contributed by atoms with Crippen LogP contribution in [0.2, 0.25) is 0 Å². The molecular formula is C16H20FNO2. The number of halogens is 1. The molecule has 0 bridgehead atoms. The molecule has 1 saturated carbocycles. The van der Waals surface area contributed by atoms with Gasteiger partial charge in [0, 0.05) is 12.5 Å². The molecule has 0 aliphatic heterocycles. The normalized spacial score (nSPS) is 17.5. The lowest BCUT2D eigenvalue weighted by molar-refractivity contribution is -0.119. The zero-order chi connectivity index (χ0) is 14.5. The van der Waals surface area contributed by atoms with E-state index in [-0.39, 0.29) is 17.6 Å². The van der Waals surface area contributed by atoms with E-state index < -0.39 is 11.9 Å². The van der Waals surface area contributed by atoms with Crippen LogP contribution in [0.1, 0.15) is 49.4 Å². The zero-order valence-corrected chi connectivity index (χ0v) is 11.7. The number of amides is 1. The van der Waals surface area contributed by atoms with Crippen LogP contribution in [0.25, 0.3) is 0 Å². The number of carbonyl (C=O) groups excluding carboxylic acids is 2. The van der Waals surface area contributed by atoms with E-state index in [2.05, 4.69) is 5.32 Å². The summed E-state index contributed by atoms with van der Waals surface area (Å²) in [6.07, 6.45) is 5.21. The highest BCUT2D eigenvalue weighted by atomic mass is 19.1. The van der Waals surface area contributed by atoms with Crippen molar-refractivity contribution in [2.45, 2.75) is 45.1 Å². The van der Waals surface area contributed by atoms with Crippen molar-refractivity contribution in [3.8, 4) is 0 Å². The minimum absolute atomic E-state index is 0.156. The standard InChI is InChI=1S/C16H20FNO2/c1-11(19)18-15(12-6-3-2-4-7-12)16(20)13-8-5-9-14(17)10-13/h5,8-10,12,15H,2-4,6-7H2,1H3,(H,18,19). The molecule has 1 aliphatic carbocycles. The van der Waals surface area contributed by atoms with Crippen LogP contribution in [0.5, 0.6) is 0 Å². The Morgan fingerprint density at radius 1 is 1.25 bits per heavy atom. The Labute approximate surface area is 118 Å². The molecule has 20 heavy (non-hydrogen) atoms. The highest BCUT2D eigenvalue weighted by molar-refractivity contribution is 6.02. The van der Waals surface area contributed by atoms with Gasteiger partial charge in [-0.15, -0.1) is 0 Å². The van der Waals surface area contributed by atoms with E-state index in [0.29, 0.717) is 5.56 Å². The van der Waals surface area contributed by atoms with Gasteiger partial charge < -0.3 is 5.32 Å². The molecule has 2 rings (SSSR count). The average molecular weight is 277 g/mol. The molecule has 0 radical (unpaired) electrons. The van der Waals surface area contributed by atoms with E-state index in [1.54, 1.807) is 6.07 Å². The van der Waals surface area contributed by atoms with Gasteiger partial charge in [0.25, 0.3) is 0 Å². The van der Waals surface area contributed by atoms with E-state index in [9.17, 15) is 14.0 Å². The monoisotopic (exact) mass is 277 g/mol. The summed E-state index contributed by atoms with van der Waals surface area (Å²) in [4.78, 5) is 23.9. The maximum Gasteiger partial charge on any atom is 0.217 e. The van der Waals surface area contributed by atoms with Crippen LogP contribution in [-0.4, -0.2) is 17.7 Å². The lowest BCUT2D eigenvalue weighted by atomic mass is 9.81.